The van der Waals surface area contributed by atoms with Crippen molar-refractivity contribution in [2.45, 2.75) is 20.1 Å². The molecule has 0 radical (unpaired) electrons. The highest BCUT2D eigenvalue weighted by Crippen LogP contribution is 2.26. The summed E-state index contributed by atoms with van der Waals surface area (Å²) in [6.45, 7) is 3.00. The van der Waals surface area contributed by atoms with Crippen molar-refractivity contribution in [3.05, 3.63) is 50.1 Å². The van der Waals surface area contributed by atoms with Crippen LogP contribution in [-0.2, 0) is 13.2 Å². The number of aryl methyl sites for hydroxylation is 1. The average molecular weight is 312 g/mol. The van der Waals surface area contributed by atoms with E-state index in [9.17, 15) is 0 Å². The highest BCUT2D eigenvalue weighted by molar-refractivity contribution is 9.10. The van der Waals surface area contributed by atoms with Gasteiger partial charge < -0.3 is 10.4 Å². The molecule has 0 unspecified atom stereocenters. The fourth-order valence-corrected chi connectivity index (χ4v) is 3.12. The summed E-state index contributed by atoms with van der Waals surface area (Å²) in [5.41, 5.74) is 1.97. The smallest absolute Gasteiger partial charge is 0.0682 e. The maximum Gasteiger partial charge on any atom is 0.0682 e. The Bertz CT molecular complexity index is 490. The molecule has 0 saturated carbocycles. The molecule has 0 aliphatic heterocycles. The van der Waals surface area contributed by atoms with E-state index in [-0.39, 0.29) is 6.61 Å². The Morgan fingerprint density at radius 2 is 2.18 bits per heavy atom. The van der Waals surface area contributed by atoms with E-state index in [0.29, 0.717) is 0 Å². The first-order valence-corrected chi connectivity index (χ1v) is 6.98. The van der Waals surface area contributed by atoms with Gasteiger partial charge in [-0.1, -0.05) is 12.1 Å². The molecule has 2 rings (SSSR count). The van der Waals surface area contributed by atoms with Crippen molar-refractivity contribution in [1.82, 2.24) is 0 Å². The fraction of sp³-hybridized carbons (Fsp3) is 0.231. The van der Waals surface area contributed by atoms with Crippen LogP contribution in [0.4, 0.5) is 5.69 Å². The van der Waals surface area contributed by atoms with Gasteiger partial charge in [0.25, 0.3) is 0 Å². The highest BCUT2D eigenvalue weighted by atomic mass is 79.9. The summed E-state index contributed by atoms with van der Waals surface area (Å²) in [7, 11) is 0. The molecule has 90 valence electrons. The Balaban J connectivity index is 2.01. The van der Waals surface area contributed by atoms with E-state index in [2.05, 4.69) is 34.2 Å². The molecule has 0 fully saturated rings. The number of nitrogens with one attached hydrogen (secondary N) is 1. The van der Waals surface area contributed by atoms with E-state index in [1.54, 1.807) is 11.3 Å². The van der Waals surface area contributed by atoms with Crippen molar-refractivity contribution in [2.24, 2.45) is 0 Å². The Labute approximate surface area is 113 Å². The van der Waals surface area contributed by atoms with Crippen LogP contribution in [0.15, 0.2) is 34.8 Å². The van der Waals surface area contributed by atoms with Crippen LogP contribution < -0.4 is 5.32 Å². The van der Waals surface area contributed by atoms with E-state index in [1.807, 2.05) is 24.3 Å². The minimum absolute atomic E-state index is 0.0825. The van der Waals surface area contributed by atoms with Crippen molar-refractivity contribution in [2.75, 3.05) is 5.32 Å². The molecule has 1 aromatic carbocycles. The maximum absolute atomic E-state index is 9.06. The van der Waals surface area contributed by atoms with Gasteiger partial charge in [-0.3, -0.25) is 0 Å². The van der Waals surface area contributed by atoms with Crippen molar-refractivity contribution in [3.63, 3.8) is 0 Å². The van der Waals surface area contributed by atoms with Gasteiger partial charge >= 0.3 is 0 Å². The van der Waals surface area contributed by atoms with Crippen LogP contribution in [-0.4, -0.2) is 5.11 Å². The number of halogens is 1. The van der Waals surface area contributed by atoms with Crippen LogP contribution in [0, 0.1) is 6.92 Å². The van der Waals surface area contributed by atoms with Crippen LogP contribution in [0.1, 0.15) is 15.3 Å². The fourth-order valence-electron chi connectivity index (χ4n) is 1.57. The Morgan fingerprint density at radius 1 is 1.35 bits per heavy atom. The lowest BCUT2D eigenvalue weighted by Crippen LogP contribution is -1.97. The number of aliphatic hydroxyl groups is 1. The Morgan fingerprint density at radius 3 is 2.82 bits per heavy atom. The molecular weight excluding hydrogens is 298 g/mol. The molecule has 0 amide bonds. The molecule has 1 heterocycles. The normalized spacial score (nSPS) is 10.5. The number of anilines is 1. The van der Waals surface area contributed by atoms with Crippen LogP contribution in [0.25, 0.3) is 0 Å². The third-order valence-electron chi connectivity index (χ3n) is 2.48. The van der Waals surface area contributed by atoms with Gasteiger partial charge in [-0.2, -0.15) is 0 Å². The van der Waals surface area contributed by atoms with E-state index >= 15 is 0 Å². The molecule has 0 spiro atoms. The SMILES string of the molecule is Cc1sc(CNc2cccc(CO)c2)cc1Br. The largest absolute Gasteiger partial charge is 0.392 e. The number of benzene rings is 1. The monoisotopic (exact) mass is 311 g/mol. The number of thiophene rings is 1. The lowest BCUT2D eigenvalue weighted by molar-refractivity contribution is 0.282. The van der Waals surface area contributed by atoms with Gasteiger partial charge in [0.15, 0.2) is 0 Å². The lowest BCUT2D eigenvalue weighted by Gasteiger charge is -2.06. The number of aliphatic hydroxyl groups excluding tert-OH is 1. The summed E-state index contributed by atoms with van der Waals surface area (Å²) < 4.78 is 1.17. The Kier molecular flexibility index (Phi) is 4.20. The maximum atomic E-state index is 9.06. The second-order valence-electron chi connectivity index (χ2n) is 3.83. The average Bonchev–Trinajstić information content (AvgIpc) is 2.67. The molecule has 1 aromatic heterocycles. The third-order valence-corrected chi connectivity index (χ3v) is 4.62. The minimum Gasteiger partial charge on any atom is -0.392 e. The van der Waals surface area contributed by atoms with E-state index in [4.69, 9.17) is 5.11 Å². The zero-order valence-electron chi connectivity index (χ0n) is 9.53. The molecule has 4 heteroatoms. The molecule has 2 N–H and O–H groups in total. The second kappa shape index (κ2) is 5.67. The standard InChI is InChI=1S/C13H14BrNOS/c1-9-13(14)6-12(17-9)7-15-11-4-2-3-10(5-11)8-16/h2-6,15-16H,7-8H2,1H3. The molecular formula is C13H14BrNOS. The van der Waals surface area contributed by atoms with Crippen LogP contribution in [0.5, 0.6) is 0 Å². The summed E-state index contributed by atoms with van der Waals surface area (Å²) in [6.07, 6.45) is 0. The van der Waals surface area contributed by atoms with Gasteiger partial charge in [0.2, 0.25) is 0 Å². The van der Waals surface area contributed by atoms with Gasteiger partial charge in [0.05, 0.1) is 6.61 Å². The summed E-state index contributed by atoms with van der Waals surface area (Å²) in [5, 5.41) is 12.4. The van der Waals surface area contributed by atoms with Crippen LogP contribution >= 0.6 is 27.3 Å². The van der Waals surface area contributed by atoms with Gasteiger partial charge in [0, 0.05) is 26.5 Å². The predicted octanol–water partition coefficient (Wildman–Crippen LogP) is 3.92. The van der Waals surface area contributed by atoms with E-state index in [0.717, 1.165) is 17.8 Å². The number of hydrogen-bond donors (Lipinski definition) is 2. The van der Waals surface area contributed by atoms with Gasteiger partial charge in [-0.05, 0) is 46.6 Å². The van der Waals surface area contributed by atoms with Crippen LogP contribution in [0.3, 0.4) is 0 Å². The number of rotatable bonds is 4. The summed E-state index contributed by atoms with van der Waals surface area (Å²) >= 11 is 5.30. The van der Waals surface area contributed by atoms with Gasteiger partial charge in [0.1, 0.15) is 0 Å². The number of hydrogen-bond acceptors (Lipinski definition) is 3. The molecule has 17 heavy (non-hydrogen) atoms. The quantitative estimate of drug-likeness (QED) is 0.897. The second-order valence-corrected chi connectivity index (χ2v) is 6.02. The molecule has 0 bridgehead atoms. The van der Waals surface area contributed by atoms with Gasteiger partial charge in [-0.25, -0.2) is 0 Å². The topological polar surface area (TPSA) is 32.3 Å². The van der Waals surface area contributed by atoms with E-state index in [1.165, 1.54) is 14.2 Å². The van der Waals surface area contributed by atoms with Crippen molar-refractivity contribution in [1.29, 1.82) is 0 Å². The third kappa shape index (κ3) is 3.31. The molecule has 0 aliphatic carbocycles. The first-order valence-electron chi connectivity index (χ1n) is 5.37. The van der Waals surface area contributed by atoms with Crippen molar-refractivity contribution >= 4 is 33.0 Å². The molecule has 2 nitrogen and oxygen atoms in total. The first-order chi connectivity index (χ1) is 8.19. The molecule has 0 atom stereocenters. The van der Waals surface area contributed by atoms with Crippen LogP contribution in [0.2, 0.25) is 0 Å². The highest BCUT2D eigenvalue weighted by Gasteiger charge is 2.02. The lowest BCUT2D eigenvalue weighted by atomic mass is 10.2. The molecule has 0 saturated heterocycles. The first kappa shape index (κ1) is 12.6. The van der Waals surface area contributed by atoms with Gasteiger partial charge in [-0.15, -0.1) is 11.3 Å². The predicted molar refractivity (Wildman–Crippen MR) is 76.4 cm³/mol. The van der Waals surface area contributed by atoms with Crippen molar-refractivity contribution < 1.29 is 5.11 Å². The zero-order chi connectivity index (χ0) is 12.3. The minimum atomic E-state index is 0.0825. The molecule has 0 aliphatic rings. The summed E-state index contributed by atoms with van der Waals surface area (Å²) in [4.78, 5) is 2.59. The summed E-state index contributed by atoms with van der Waals surface area (Å²) in [6, 6.07) is 9.98. The zero-order valence-corrected chi connectivity index (χ0v) is 11.9. The molecule has 2 aromatic rings. The van der Waals surface area contributed by atoms with E-state index < -0.39 is 0 Å². The van der Waals surface area contributed by atoms with Crippen molar-refractivity contribution in [3.8, 4) is 0 Å². The Hall–Kier alpha value is -0.840. The summed E-state index contributed by atoms with van der Waals surface area (Å²) in [5.74, 6) is 0.